The lowest BCUT2D eigenvalue weighted by atomic mass is 10.0. The molecule has 0 N–H and O–H groups in total. The molecule has 1 aromatic carbocycles. The van der Waals surface area contributed by atoms with Crippen LogP contribution in [0.4, 0.5) is 0 Å². The molecular formula is C18H21N5O3. The highest BCUT2D eigenvalue weighted by molar-refractivity contribution is 5.83. The van der Waals surface area contributed by atoms with E-state index in [0.29, 0.717) is 31.1 Å². The first-order chi connectivity index (χ1) is 12.5. The minimum absolute atomic E-state index is 0.215. The van der Waals surface area contributed by atoms with Gasteiger partial charge >= 0.3 is 5.63 Å². The van der Waals surface area contributed by atoms with Crippen LogP contribution in [0.15, 0.2) is 27.4 Å². The van der Waals surface area contributed by atoms with Crippen molar-refractivity contribution < 1.29 is 9.15 Å². The van der Waals surface area contributed by atoms with Crippen LogP contribution in [0.5, 0.6) is 0 Å². The van der Waals surface area contributed by atoms with Gasteiger partial charge in [-0.05, 0) is 41.8 Å². The predicted molar refractivity (Wildman–Crippen MR) is 94.7 cm³/mol. The topological polar surface area (TPSA) is 86.3 Å². The third kappa shape index (κ3) is 3.25. The minimum atomic E-state index is -0.320. The fourth-order valence-corrected chi connectivity index (χ4v) is 3.48. The van der Waals surface area contributed by atoms with E-state index in [2.05, 4.69) is 26.4 Å². The number of morpholine rings is 1. The van der Waals surface area contributed by atoms with Gasteiger partial charge in [0.05, 0.1) is 13.7 Å². The Kier molecular flexibility index (Phi) is 4.29. The number of aromatic nitrogens is 4. The second kappa shape index (κ2) is 6.62. The third-order valence-electron chi connectivity index (χ3n) is 4.62. The number of aryl methyl sites for hydroxylation is 3. The number of hydrogen-bond donors (Lipinski definition) is 0. The van der Waals surface area contributed by atoms with E-state index >= 15 is 0 Å². The molecule has 1 unspecified atom stereocenters. The molecule has 0 amide bonds. The van der Waals surface area contributed by atoms with Crippen molar-refractivity contribution in [2.75, 3.05) is 19.7 Å². The quantitative estimate of drug-likeness (QED) is 0.658. The Balaban J connectivity index is 1.63. The number of ether oxygens (including phenoxy) is 1. The van der Waals surface area contributed by atoms with Gasteiger partial charge in [-0.15, -0.1) is 10.2 Å². The van der Waals surface area contributed by atoms with E-state index in [9.17, 15) is 4.79 Å². The molecule has 136 valence electrons. The van der Waals surface area contributed by atoms with Gasteiger partial charge < -0.3 is 9.15 Å². The maximum atomic E-state index is 12.0. The highest BCUT2D eigenvalue weighted by Crippen LogP contribution is 2.25. The molecule has 1 atom stereocenters. The largest absolute Gasteiger partial charge is 0.422 e. The molecule has 2 aromatic heterocycles. The van der Waals surface area contributed by atoms with E-state index in [-0.39, 0.29) is 11.7 Å². The van der Waals surface area contributed by atoms with Gasteiger partial charge in [-0.3, -0.25) is 4.90 Å². The summed E-state index contributed by atoms with van der Waals surface area (Å²) < 4.78 is 11.2. The molecule has 0 saturated carbocycles. The normalized spacial score (nSPS) is 18.5. The highest BCUT2D eigenvalue weighted by atomic mass is 16.5. The number of hydrogen-bond acceptors (Lipinski definition) is 7. The smallest absolute Gasteiger partial charge is 0.336 e. The zero-order chi connectivity index (χ0) is 18.3. The Morgan fingerprint density at radius 2 is 2.12 bits per heavy atom. The summed E-state index contributed by atoms with van der Waals surface area (Å²) in [6.45, 7) is 6.67. The van der Waals surface area contributed by atoms with E-state index in [1.165, 1.54) is 4.80 Å². The van der Waals surface area contributed by atoms with Gasteiger partial charge in [0.25, 0.3) is 0 Å². The molecule has 1 saturated heterocycles. The fraction of sp³-hybridized carbons (Fsp3) is 0.444. The van der Waals surface area contributed by atoms with Crippen molar-refractivity contribution >= 4 is 11.0 Å². The SMILES string of the molecule is Cc1cc(C)c2oc(=O)cc(CN3CCOC(c4nnn(C)n4)C3)c2c1. The summed E-state index contributed by atoms with van der Waals surface area (Å²) in [5.41, 5.74) is 3.44. The number of rotatable bonds is 3. The van der Waals surface area contributed by atoms with Crippen molar-refractivity contribution in [3.8, 4) is 0 Å². The molecule has 0 bridgehead atoms. The van der Waals surface area contributed by atoms with E-state index < -0.39 is 0 Å². The lowest BCUT2D eigenvalue weighted by Gasteiger charge is -2.31. The zero-order valence-corrected chi connectivity index (χ0v) is 15.1. The van der Waals surface area contributed by atoms with Gasteiger partial charge in [-0.25, -0.2) is 4.79 Å². The third-order valence-corrected chi connectivity index (χ3v) is 4.62. The number of fused-ring (bicyclic) bond motifs is 1. The lowest BCUT2D eigenvalue weighted by molar-refractivity contribution is -0.0372. The maximum Gasteiger partial charge on any atom is 0.336 e. The summed E-state index contributed by atoms with van der Waals surface area (Å²) in [6.07, 6.45) is -0.215. The van der Waals surface area contributed by atoms with Crippen molar-refractivity contribution in [3.63, 3.8) is 0 Å². The first-order valence-electron chi connectivity index (χ1n) is 8.61. The summed E-state index contributed by atoms with van der Waals surface area (Å²) >= 11 is 0. The van der Waals surface area contributed by atoms with Gasteiger partial charge in [0.1, 0.15) is 11.7 Å². The molecule has 0 aliphatic carbocycles. The molecule has 0 radical (unpaired) electrons. The standard InChI is InChI=1S/C18H21N5O3/c1-11-6-12(2)17-14(7-11)13(8-16(24)26-17)9-23-4-5-25-15(10-23)18-19-21-22(3)20-18/h6-8,15H,4-5,9-10H2,1-3H3. The summed E-state index contributed by atoms with van der Waals surface area (Å²) in [4.78, 5) is 15.7. The Hall–Kier alpha value is -2.58. The number of tetrazole rings is 1. The summed E-state index contributed by atoms with van der Waals surface area (Å²) in [6, 6.07) is 5.69. The molecule has 1 aliphatic rings. The van der Waals surface area contributed by atoms with Gasteiger partial charge in [-0.1, -0.05) is 6.07 Å². The van der Waals surface area contributed by atoms with Crippen LogP contribution in [-0.4, -0.2) is 44.8 Å². The van der Waals surface area contributed by atoms with Crippen LogP contribution in [0.2, 0.25) is 0 Å². The second-order valence-corrected chi connectivity index (χ2v) is 6.78. The number of benzene rings is 1. The molecular weight excluding hydrogens is 334 g/mol. The second-order valence-electron chi connectivity index (χ2n) is 6.78. The first-order valence-corrected chi connectivity index (χ1v) is 8.61. The van der Waals surface area contributed by atoms with E-state index in [1.54, 1.807) is 13.1 Å². The summed E-state index contributed by atoms with van der Waals surface area (Å²) in [5.74, 6) is 0.585. The van der Waals surface area contributed by atoms with Crippen LogP contribution in [-0.2, 0) is 18.3 Å². The van der Waals surface area contributed by atoms with Crippen LogP contribution < -0.4 is 5.63 Å². The molecule has 1 fully saturated rings. The van der Waals surface area contributed by atoms with Gasteiger partial charge in [0.2, 0.25) is 5.82 Å². The first kappa shape index (κ1) is 16.9. The average Bonchev–Trinajstić information content (AvgIpc) is 3.03. The molecule has 8 nitrogen and oxygen atoms in total. The van der Waals surface area contributed by atoms with Gasteiger partial charge in [0, 0.05) is 31.1 Å². The summed E-state index contributed by atoms with van der Waals surface area (Å²) in [5, 5.41) is 13.2. The monoisotopic (exact) mass is 355 g/mol. The molecule has 1 aliphatic heterocycles. The van der Waals surface area contributed by atoms with Crippen LogP contribution in [0.25, 0.3) is 11.0 Å². The molecule has 8 heteroatoms. The van der Waals surface area contributed by atoms with Crippen molar-refractivity contribution in [1.82, 2.24) is 25.1 Å². The summed E-state index contributed by atoms with van der Waals surface area (Å²) in [7, 11) is 1.73. The van der Waals surface area contributed by atoms with Crippen LogP contribution in [0.3, 0.4) is 0 Å². The van der Waals surface area contributed by atoms with Crippen molar-refractivity contribution in [2.24, 2.45) is 7.05 Å². The van der Waals surface area contributed by atoms with E-state index in [0.717, 1.165) is 28.6 Å². The van der Waals surface area contributed by atoms with Crippen molar-refractivity contribution in [3.05, 3.63) is 51.1 Å². The van der Waals surface area contributed by atoms with Crippen LogP contribution >= 0.6 is 0 Å². The van der Waals surface area contributed by atoms with Crippen LogP contribution in [0, 0.1) is 13.8 Å². The molecule has 3 aromatic rings. The van der Waals surface area contributed by atoms with E-state index in [1.807, 2.05) is 19.9 Å². The van der Waals surface area contributed by atoms with Gasteiger partial charge in [-0.2, -0.15) is 4.80 Å². The van der Waals surface area contributed by atoms with E-state index in [4.69, 9.17) is 9.15 Å². The predicted octanol–water partition coefficient (Wildman–Crippen LogP) is 1.51. The molecule has 3 heterocycles. The molecule has 26 heavy (non-hydrogen) atoms. The average molecular weight is 355 g/mol. The Labute approximate surface area is 150 Å². The fourth-order valence-electron chi connectivity index (χ4n) is 3.48. The zero-order valence-electron chi connectivity index (χ0n) is 15.1. The Morgan fingerprint density at radius 1 is 1.27 bits per heavy atom. The Bertz CT molecular complexity index is 1010. The molecule has 4 rings (SSSR count). The lowest BCUT2D eigenvalue weighted by Crippen LogP contribution is -2.38. The highest BCUT2D eigenvalue weighted by Gasteiger charge is 2.26. The van der Waals surface area contributed by atoms with Crippen molar-refractivity contribution in [1.29, 1.82) is 0 Å². The van der Waals surface area contributed by atoms with Crippen molar-refractivity contribution in [2.45, 2.75) is 26.5 Å². The number of nitrogens with zero attached hydrogens (tertiary/aromatic N) is 5. The molecule has 0 spiro atoms. The Morgan fingerprint density at radius 3 is 2.88 bits per heavy atom. The minimum Gasteiger partial charge on any atom is -0.422 e. The van der Waals surface area contributed by atoms with Gasteiger partial charge in [0.15, 0.2) is 0 Å². The maximum absolute atomic E-state index is 12.0. The van der Waals surface area contributed by atoms with Crippen LogP contribution in [0.1, 0.15) is 28.6 Å².